The lowest BCUT2D eigenvalue weighted by Gasteiger charge is -2.25. The topological polar surface area (TPSA) is 0 Å². The molecule has 5 aliphatic carbocycles. The summed E-state index contributed by atoms with van der Waals surface area (Å²) in [6, 6.07) is 39.9. The van der Waals surface area contributed by atoms with Crippen LogP contribution in [0.15, 0.2) is 146 Å². The van der Waals surface area contributed by atoms with E-state index in [9.17, 15) is 0 Å². The second-order valence-electron chi connectivity index (χ2n) is 28.3. The molecule has 5 aromatic carbocycles. The molecule has 5 radical (unpaired) electrons. The molecule has 0 saturated heterocycles. The van der Waals surface area contributed by atoms with E-state index in [1.54, 1.807) is 0 Å². The molecule has 5 saturated carbocycles. The van der Waals surface area contributed by atoms with Crippen LogP contribution in [-0.2, 0) is 0 Å². The molecule has 0 atom stereocenters. The lowest BCUT2D eigenvalue weighted by molar-refractivity contribution is 0.296. The van der Waals surface area contributed by atoms with Gasteiger partial charge in [-0.3, -0.25) is 23.5 Å². The average molecular weight is 1460 g/mol. The van der Waals surface area contributed by atoms with Crippen LogP contribution in [0.4, 0.5) is 23.5 Å². The highest BCUT2D eigenvalue weighted by molar-refractivity contribution is 7.81. The van der Waals surface area contributed by atoms with Crippen LogP contribution in [-0.4, -0.2) is 0 Å². The van der Waals surface area contributed by atoms with Crippen molar-refractivity contribution in [2.24, 2.45) is 59.2 Å². The molecule has 0 spiro atoms. The van der Waals surface area contributed by atoms with Gasteiger partial charge in [-0.25, -0.2) is 0 Å². The Morgan fingerprint density at radius 1 is 0.220 bits per heavy atom. The summed E-state index contributed by atoms with van der Waals surface area (Å²) in [5, 5.41) is 0. The van der Waals surface area contributed by atoms with Gasteiger partial charge in [0.2, 0.25) is 0 Å². The second-order valence-corrected chi connectivity index (χ2v) is 30.6. The molecule has 5 fully saturated rings. The summed E-state index contributed by atoms with van der Waals surface area (Å²) < 4.78 is 0. The van der Waals surface area contributed by atoms with Gasteiger partial charge in [0.1, 0.15) is 0 Å². The van der Waals surface area contributed by atoms with Crippen LogP contribution in [0.1, 0.15) is 287 Å². The van der Waals surface area contributed by atoms with Gasteiger partial charge in [0, 0.05) is 81.9 Å². The smallest absolute Gasteiger partial charge is 0.0377 e. The lowest BCUT2D eigenvalue weighted by atomic mass is 9.80. The van der Waals surface area contributed by atoms with Gasteiger partial charge >= 0.3 is 0 Å². The van der Waals surface area contributed by atoms with Crippen molar-refractivity contribution in [2.75, 3.05) is 0 Å². The summed E-state index contributed by atoms with van der Waals surface area (Å²) >= 11 is 25.4. The maximum atomic E-state index is 5.08. The molecule has 0 heterocycles. The van der Waals surface area contributed by atoms with Crippen LogP contribution in [0.25, 0.3) is 0 Å². The summed E-state index contributed by atoms with van der Waals surface area (Å²) in [4.78, 5) is 4.45. The van der Waals surface area contributed by atoms with Crippen molar-refractivity contribution in [3.05, 3.63) is 149 Å². The number of benzene rings is 5. The fraction of sp³-hybridized carbons (Fsp3) is 0.556. The molecule has 0 N–H and O–H groups in total. The predicted octanol–water partition coefficient (Wildman–Crippen LogP) is 28.7. The van der Waals surface area contributed by atoms with E-state index < -0.39 is 0 Å². The normalized spacial score (nSPS) is 21.4. The summed E-state index contributed by atoms with van der Waals surface area (Å²) in [6.45, 7) is 11.4. The Balaban J connectivity index is 0.000000617. The van der Waals surface area contributed by atoms with E-state index in [0.717, 1.165) is 81.9 Å². The zero-order chi connectivity index (χ0) is 67.5. The maximum Gasteiger partial charge on any atom is 0.0377 e. The first-order chi connectivity index (χ1) is 46.4. The quantitative estimate of drug-likeness (QED) is 0.0724. The molecular weight excluding hydrogens is 1340 g/mol. The van der Waals surface area contributed by atoms with Crippen LogP contribution in [0, 0.1) is 118 Å². The van der Waals surface area contributed by atoms with Gasteiger partial charge in [0.25, 0.3) is 0 Å². The number of hydrogen-bond donors (Lipinski definition) is 0. The van der Waals surface area contributed by atoms with Crippen molar-refractivity contribution in [2.45, 2.75) is 284 Å². The van der Waals surface area contributed by atoms with Gasteiger partial charge in [0.15, 0.2) is 0 Å². The van der Waals surface area contributed by atoms with Gasteiger partial charge < -0.3 is 0 Å². The molecule has 5 aromatic rings. The molecule has 5 aliphatic rings. The minimum absolute atomic E-state index is 0. The molecule has 0 nitrogen and oxygen atoms in total. The Hall–Kier alpha value is -5.35. The maximum absolute atomic E-state index is 5.08. The molecule has 0 bridgehead atoms. The van der Waals surface area contributed by atoms with Crippen LogP contribution >= 0.6 is 63.1 Å². The van der Waals surface area contributed by atoms with Crippen LogP contribution in [0.3, 0.4) is 0 Å². The molecular formula is C90H120F5S5. The lowest BCUT2D eigenvalue weighted by Crippen LogP contribution is -2.13. The standard InChI is InChI=1S/5C18H23S.5FH/c5*1-2-3-4-15-5-7-16(8-6-15)9-10-17-11-13-18(19)14-12-17;;;;;/h5*11-16H,2-8H2,1H3;5*1H/t5*15-,16-;;;;;. The molecule has 0 aliphatic heterocycles. The van der Waals surface area contributed by atoms with Crippen LogP contribution < -0.4 is 0 Å². The highest BCUT2D eigenvalue weighted by atomic mass is 32.1. The van der Waals surface area contributed by atoms with E-state index in [1.807, 2.05) is 121 Å². The number of unbranched alkanes of at least 4 members (excludes halogenated alkanes) is 5. The molecule has 100 heavy (non-hydrogen) atoms. The third-order valence-corrected chi connectivity index (χ3v) is 21.8. The van der Waals surface area contributed by atoms with Gasteiger partial charge in [-0.1, -0.05) is 253 Å². The Bertz CT molecular complexity index is 2670. The second kappa shape index (κ2) is 56.2. The van der Waals surface area contributed by atoms with Crippen molar-refractivity contribution in [3.8, 4) is 59.2 Å². The third-order valence-electron chi connectivity index (χ3n) is 20.4. The van der Waals surface area contributed by atoms with Crippen molar-refractivity contribution in [3.63, 3.8) is 0 Å². The first kappa shape index (κ1) is 92.7. The average Bonchev–Trinajstić information content (AvgIpc) is 1.06. The summed E-state index contributed by atoms with van der Waals surface area (Å²) in [5.74, 6) is 41.7. The molecule has 10 rings (SSSR count). The van der Waals surface area contributed by atoms with Gasteiger partial charge in [-0.05, 0) is 279 Å². The predicted molar refractivity (Wildman–Crippen MR) is 433 cm³/mol. The van der Waals surface area contributed by atoms with Gasteiger partial charge in [-0.15, -0.1) is 0 Å². The first-order valence-corrected chi connectivity index (χ1v) is 39.9. The Kier molecular flexibility index (Phi) is 52.0. The number of halogens is 5. The Labute approximate surface area is 633 Å². The highest BCUT2D eigenvalue weighted by Gasteiger charge is 2.23. The largest absolute Gasteiger partial charge is 0.269 e. The van der Waals surface area contributed by atoms with Crippen molar-refractivity contribution in [1.82, 2.24) is 0 Å². The van der Waals surface area contributed by atoms with Crippen molar-refractivity contribution < 1.29 is 23.5 Å². The van der Waals surface area contributed by atoms with E-state index in [-0.39, 0.29) is 23.5 Å². The highest BCUT2D eigenvalue weighted by Crippen LogP contribution is 2.36. The molecule has 0 aromatic heterocycles. The molecule has 545 valence electrons. The summed E-state index contributed by atoms with van der Waals surface area (Å²) in [6.07, 6.45) is 47.5. The van der Waals surface area contributed by atoms with Crippen molar-refractivity contribution in [1.29, 1.82) is 0 Å². The molecule has 0 amide bonds. The molecule has 0 unspecified atom stereocenters. The fourth-order valence-corrected chi connectivity index (χ4v) is 14.7. The van der Waals surface area contributed by atoms with E-state index in [4.69, 9.17) is 63.1 Å². The van der Waals surface area contributed by atoms with Crippen LogP contribution in [0.5, 0.6) is 0 Å². The van der Waals surface area contributed by atoms with Crippen LogP contribution in [0.2, 0.25) is 0 Å². The zero-order valence-corrected chi connectivity index (χ0v) is 65.2. The van der Waals surface area contributed by atoms with Crippen molar-refractivity contribution >= 4 is 63.1 Å². The number of hydrogen-bond acceptors (Lipinski definition) is 0. The number of rotatable bonds is 15. The van der Waals surface area contributed by atoms with E-state index in [0.29, 0.717) is 29.6 Å². The van der Waals surface area contributed by atoms with E-state index >= 15 is 0 Å². The Morgan fingerprint density at radius 2 is 0.350 bits per heavy atom. The van der Waals surface area contributed by atoms with E-state index in [1.165, 1.54) is 225 Å². The van der Waals surface area contributed by atoms with Gasteiger partial charge in [-0.2, -0.15) is 0 Å². The molecule has 10 heteroatoms. The van der Waals surface area contributed by atoms with Gasteiger partial charge in [0.05, 0.1) is 0 Å². The summed E-state index contributed by atoms with van der Waals surface area (Å²) in [7, 11) is 0. The minimum atomic E-state index is 0. The minimum Gasteiger partial charge on any atom is -0.269 e. The first-order valence-electron chi connectivity index (χ1n) is 37.8. The monoisotopic (exact) mass is 1460 g/mol. The zero-order valence-electron chi connectivity index (χ0n) is 61.2. The summed E-state index contributed by atoms with van der Waals surface area (Å²) in [5.41, 5.74) is 5.49. The Morgan fingerprint density at radius 3 is 0.470 bits per heavy atom. The van der Waals surface area contributed by atoms with E-state index in [2.05, 4.69) is 93.8 Å². The SMILES string of the molecule is CCCC[C@H]1CC[C@H](C#Cc2ccc([S])cc2)CC1.CCCC[C@H]1CC[C@H](C#Cc2ccc([S])cc2)CC1.CCCC[C@H]1CC[C@H](C#Cc2ccc([S])cc2)CC1.CCCC[C@H]1CC[C@H](C#Cc2ccc([S])cc2)CC1.CCCC[C@H]1CC[C@H](C#Cc2ccc([S])cc2)CC1.F.F.F.F.F. The third kappa shape index (κ3) is 39.9. The fourth-order valence-electron chi connectivity index (χ4n) is 14.1.